The van der Waals surface area contributed by atoms with E-state index < -0.39 is 65.8 Å². The van der Waals surface area contributed by atoms with Crippen LogP contribution in [0.3, 0.4) is 0 Å². The molecule has 5 rings (SSSR count). The number of rotatable bonds is 10. The number of β-lactam (4-membered cyclic amide) rings is 1. The van der Waals surface area contributed by atoms with E-state index in [-0.39, 0.29) is 22.2 Å². The number of amides is 2. The molecule has 3 fully saturated rings. The minimum Gasteiger partial charge on any atom is -0.479 e. The van der Waals surface area contributed by atoms with Crippen LogP contribution in [0, 0.1) is 0 Å². The Morgan fingerprint density at radius 3 is 2.52 bits per heavy atom. The summed E-state index contributed by atoms with van der Waals surface area (Å²) in [5.74, 6) is -3.72. The van der Waals surface area contributed by atoms with E-state index in [2.05, 4.69) is 27.8 Å². The summed E-state index contributed by atoms with van der Waals surface area (Å²) in [5.41, 5.74) is 0.336. The number of quaternary nitrogens is 1. The first-order valence-electron chi connectivity index (χ1n) is 13.7. The fourth-order valence-corrected chi connectivity index (χ4v) is 7.86. The molecule has 4 aliphatic heterocycles. The molecular formula is C25H33N6O11S2+. The Bertz CT molecular complexity index is 1400. The molecule has 3 saturated heterocycles. The highest BCUT2D eigenvalue weighted by atomic mass is 32.2. The Balaban J connectivity index is 1.27. The minimum atomic E-state index is -1.87. The molecule has 5 unspecified atom stereocenters. The monoisotopic (exact) mass is 657 g/mol. The number of carbonyl (C=O) groups is 4. The molecule has 44 heavy (non-hydrogen) atoms. The second-order valence-electron chi connectivity index (χ2n) is 11.1. The molecule has 7 atom stereocenters. The summed E-state index contributed by atoms with van der Waals surface area (Å²) in [5, 5.41) is 59.2. The van der Waals surface area contributed by atoms with Gasteiger partial charge in [0.1, 0.15) is 54.8 Å². The second-order valence-corrected chi connectivity index (χ2v) is 13.1. The molecule has 0 aliphatic carbocycles. The van der Waals surface area contributed by atoms with Crippen LogP contribution in [0.2, 0.25) is 0 Å². The first-order valence-corrected chi connectivity index (χ1v) is 15.6. The number of oxime groups is 1. The first kappa shape index (κ1) is 32.1. The number of ether oxygens (including phenoxy) is 1. The summed E-state index contributed by atoms with van der Waals surface area (Å²) in [7, 11) is 3.28. The minimum absolute atomic E-state index is 0.00609. The van der Waals surface area contributed by atoms with Crippen molar-refractivity contribution in [3.8, 4) is 0 Å². The lowest BCUT2D eigenvalue weighted by molar-refractivity contribution is -0.893. The summed E-state index contributed by atoms with van der Waals surface area (Å²) in [6.45, 7) is 2.41. The van der Waals surface area contributed by atoms with E-state index in [1.807, 2.05) is 0 Å². The van der Waals surface area contributed by atoms with Gasteiger partial charge >= 0.3 is 11.9 Å². The number of likely N-dealkylation sites (N-methyl/N-ethyl adjacent to an activating group) is 1. The van der Waals surface area contributed by atoms with Gasteiger partial charge in [0.05, 0.1) is 20.1 Å². The van der Waals surface area contributed by atoms with Gasteiger partial charge in [-0.15, -0.1) is 23.1 Å². The van der Waals surface area contributed by atoms with Crippen LogP contribution in [0.1, 0.15) is 18.5 Å². The Labute approximate surface area is 258 Å². The SMILES string of the molecule is CO/N=C(\C(=O)N[C@@H]1C(=O)N2C(C(=O)O)=C(C[N+]3(C)CCCC3)CS[C@H]12)c1csc(NC2OC(C(=O)O)C(O)C(O)C2O)n1. The number of nitrogens with one attached hydrogen (secondary N) is 2. The van der Waals surface area contributed by atoms with Crippen molar-refractivity contribution in [1.82, 2.24) is 15.2 Å². The number of carboxylic acid groups (broad SMARTS) is 2. The number of likely N-dealkylation sites (tertiary alicyclic amines) is 1. The Kier molecular flexibility index (Phi) is 9.17. The van der Waals surface area contributed by atoms with Crippen molar-refractivity contribution in [3.63, 3.8) is 0 Å². The molecule has 2 amide bonds. The van der Waals surface area contributed by atoms with E-state index in [1.165, 1.54) is 29.2 Å². The maximum absolute atomic E-state index is 13.3. The van der Waals surface area contributed by atoms with Crippen LogP contribution in [0.15, 0.2) is 21.8 Å². The van der Waals surface area contributed by atoms with E-state index >= 15 is 0 Å². The number of carboxylic acids is 2. The van der Waals surface area contributed by atoms with Crippen molar-refractivity contribution in [2.75, 3.05) is 44.9 Å². The van der Waals surface area contributed by atoms with Gasteiger partial charge < -0.3 is 50.2 Å². The van der Waals surface area contributed by atoms with Crippen LogP contribution in [0.25, 0.3) is 0 Å². The third kappa shape index (κ3) is 6.00. The van der Waals surface area contributed by atoms with Crippen LogP contribution in [0.4, 0.5) is 5.13 Å². The highest BCUT2D eigenvalue weighted by molar-refractivity contribution is 8.00. The van der Waals surface area contributed by atoms with Crippen molar-refractivity contribution < 1.29 is 58.8 Å². The third-order valence-corrected chi connectivity index (χ3v) is 10.1. The predicted molar refractivity (Wildman–Crippen MR) is 153 cm³/mol. The summed E-state index contributed by atoms with van der Waals surface area (Å²) < 4.78 is 5.91. The molecule has 19 heteroatoms. The van der Waals surface area contributed by atoms with Crippen molar-refractivity contribution >= 4 is 57.7 Å². The molecule has 1 aromatic rings. The zero-order valence-corrected chi connectivity index (χ0v) is 25.3. The molecule has 4 aliphatic rings. The highest BCUT2D eigenvalue weighted by Gasteiger charge is 2.55. The summed E-state index contributed by atoms with van der Waals surface area (Å²) in [6.07, 6.45) is -6.57. The number of nitrogens with zero attached hydrogens (tertiary/aromatic N) is 4. The average molecular weight is 658 g/mol. The molecule has 0 saturated carbocycles. The number of aliphatic hydroxyl groups is 3. The maximum Gasteiger partial charge on any atom is 0.352 e. The Morgan fingerprint density at radius 2 is 1.89 bits per heavy atom. The normalized spacial score (nSPS) is 31.7. The lowest BCUT2D eigenvalue weighted by Crippen LogP contribution is -2.71. The summed E-state index contributed by atoms with van der Waals surface area (Å²) >= 11 is 2.30. The van der Waals surface area contributed by atoms with Gasteiger partial charge in [0.2, 0.25) is 0 Å². The zero-order valence-electron chi connectivity index (χ0n) is 23.7. The molecule has 17 nitrogen and oxygen atoms in total. The van der Waals surface area contributed by atoms with Gasteiger partial charge in [-0.2, -0.15) is 0 Å². The fraction of sp³-hybridized carbons (Fsp3) is 0.600. The van der Waals surface area contributed by atoms with Gasteiger partial charge in [-0.25, -0.2) is 14.6 Å². The number of fused-ring (bicyclic) bond motifs is 1. The van der Waals surface area contributed by atoms with Crippen LogP contribution in [-0.4, -0.2) is 151 Å². The average Bonchev–Trinajstić information content (AvgIpc) is 3.63. The number of hydrogen-bond acceptors (Lipinski definition) is 14. The van der Waals surface area contributed by atoms with Crippen LogP contribution in [0.5, 0.6) is 0 Å². The van der Waals surface area contributed by atoms with Crippen molar-refractivity contribution in [3.05, 3.63) is 22.3 Å². The standard InChI is InChI=1S/C25H32N6O11S2/c1-31(5-3-4-6-31)7-10-8-43-22-13(21(36)30(22)14(10)23(37)38)27-19(35)12(29-41-2)11-9-44-25(26-11)28-20-17(34)15(32)16(33)18(42-20)24(39)40/h9,13,15-18,20,22,32-34H,3-8H2,1-2H3,(H3-,26,27,28,35,37,38,39,40)/p+1/b29-12-/t13-,15?,16?,17?,18?,20?,22-/m1/s1. The Hall–Kier alpha value is -3.33. The fourth-order valence-electron chi connectivity index (χ4n) is 5.80. The summed E-state index contributed by atoms with van der Waals surface area (Å²) in [4.78, 5) is 60.4. The number of aliphatic carboxylic acids is 2. The lowest BCUT2D eigenvalue weighted by Gasteiger charge is -2.49. The highest BCUT2D eigenvalue weighted by Crippen LogP contribution is 2.41. The van der Waals surface area contributed by atoms with Gasteiger partial charge in [0, 0.05) is 29.5 Å². The largest absolute Gasteiger partial charge is 0.479 e. The number of hydrogen-bond donors (Lipinski definition) is 7. The van der Waals surface area contributed by atoms with Gasteiger partial charge in [-0.3, -0.25) is 14.5 Å². The number of thioether (sulfide) groups is 1. The van der Waals surface area contributed by atoms with E-state index in [0.717, 1.165) is 41.8 Å². The summed E-state index contributed by atoms with van der Waals surface area (Å²) in [6, 6.07) is -1.02. The number of anilines is 1. The van der Waals surface area contributed by atoms with Crippen molar-refractivity contribution in [1.29, 1.82) is 0 Å². The second kappa shape index (κ2) is 12.6. The molecular weight excluding hydrogens is 624 g/mol. The van der Waals surface area contributed by atoms with Crippen LogP contribution in [-0.2, 0) is 28.8 Å². The molecule has 7 N–H and O–H groups in total. The predicted octanol–water partition coefficient (Wildman–Crippen LogP) is -2.22. The third-order valence-electron chi connectivity index (χ3n) is 8.02. The quantitative estimate of drug-likeness (QED) is 0.0611. The van der Waals surface area contributed by atoms with E-state index in [1.54, 1.807) is 0 Å². The van der Waals surface area contributed by atoms with Crippen LogP contribution < -0.4 is 10.6 Å². The molecule has 240 valence electrons. The molecule has 1 aromatic heterocycles. The van der Waals surface area contributed by atoms with Crippen molar-refractivity contribution in [2.45, 2.75) is 54.9 Å². The van der Waals surface area contributed by atoms with Crippen molar-refractivity contribution in [2.24, 2.45) is 5.16 Å². The van der Waals surface area contributed by atoms with Crippen LogP contribution >= 0.6 is 23.1 Å². The van der Waals surface area contributed by atoms with E-state index in [0.29, 0.717) is 17.9 Å². The number of aromatic nitrogens is 1. The molecule has 0 radical (unpaired) electrons. The lowest BCUT2D eigenvalue weighted by atomic mass is 9.98. The van der Waals surface area contributed by atoms with Gasteiger partial charge in [-0.05, 0) is 0 Å². The molecule has 0 bridgehead atoms. The topological polar surface area (TPSA) is 240 Å². The molecule has 0 spiro atoms. The van der Waals surface area contributed by atoms with Gasteiger partial charge in [0.15, 0.2) is 23.2 Å². The first-order chi connectivity index (χ1) is 20.8. The maximum atomic E-state index is 13.3. The van der Waals surface area contributed by atoms with Gasteiger partial charge in [0.25, 0.3) is 11.8 Å². The van der Waals surface area contributed by atoms with Gasteiger partial charge in [-0.1, -0.05) is 5.16 Å². The van der Waals surface area contributed by atoms with E-state index in [9.17, 15) is 44.7 Å². The number of thiazole rings is 1. The zero-order chi connectivity index (χ0) is 31.9. The number of carbonyl (C=O) groups excluding carboxylic acids is 2. The van der Waals surface area contributed by atoms with E-state index in [4.69, 9.17) is 9.57 Å². The molecule has 0 aromatic carbocycles. The number of aliphatic hydroxyl groups excluding tert-OH is 3. The Morgan fingerprint density at radius 1 is 1.18 bits per heavy atom. The molecule has 5 heterocycles. The smallest absolute Gasteiger partial charge is 0.352 e.